The molecule has 3 aliphatic rings. The van der Waals surface area contributed by atoms with Gasteiger partial charge in [0.1, 0.15) is 0 Å². The zero-order valence-corrected chi connectivity index (χ0v) is 14.8. The first-order valence-corrected chi connectivity index (χ1v) is 10.0. The highest BCUT2D eigenvalue weighted by Crippen LogP contribution is 2.53. The minimum absolute atomic E-state index is 0.0441. The summed E-state index contributed by atoms with van der Waals surface area (Å²) in [6.45, 7) is 4.60. The molecule has 3 aliphatic heterocycles. The van der Waals surface area contributed by atoms with Crippen LogP contribution < -0.4 is 9.62 Å². The van der Waals surface area contributed by atoms with Crippen molar-refractivity contribution < 1.29 is 13.8 Å². The number of rotatable bonds is 2. The third-order valence-electron chi connectivity index (χ3n) is 5.08. The maximum atomic E-state index is 10.7. The molecular formula is C16H23N5O3S. The molecule has 1 aromatic rings. The van der Waals surface area contributed by atoms with Gasteiger partial charge in [-0.05, 0) is 18.1 Å². The Morgan fingerprint density at radius 1 is 1.24 bits per heavy atom. The third-order valence-corrected chi connectivity index (χ3v) is 6.64. The Bertz CT molecular complexity index is 689. The van der Waals surface area contributed by atoms with Crippen molar-refractivity contribution in [2.24, 2.45) is 0 Å². The van der Waals surface area contributed by atoms with Crippen molar-refractivity contribution in [1.29, 1.82) is 5.26 Å². The molecule has 8 nitrogen and oxygen atoms in total. The molecule has 136 valence electrons. The highest BCUT2D eigenvalue weighted by molar-refractivity contribution is 8.23. The summed E-state index contributed by atoms with van der Waals surface area (Å²) in [5.74, 6) is 0. The van der Waals surface area contributed by atoms with Gasteiger partial charge in [0, 0.05) is 32.7 Å². The van der Waals surface area contributed by atoms with Crippen molar-refractivity contribution in [3.63, 3.8) is 0 Å². The Morgan fingerprint density at radius 3 is 2.76 bits per heavy atom. The lowest BCUT2D eigenvalue weighted by Crippen LogP contribution is -2.44. The molecule has 25 heavy (non-hydrogen) atoms. The summed E-state index contributed by atoms with van der Waals surface area (Å²) < 4.78 is 31.6. The van der Waals surface area contributed by atoms with Crippen LogP contribution in [-0.2, 0) is 11.3 Å². The van der Waals surface area contributed by atoms with Crippen molar-refractivity contribution in [2.75, 3.05) is 49.0 Å². The number of nitrogens with one attached hydrogen (secondary N) is 1. The van der Waals surface area contributed by atoms with Crippen molar-refractivity contribution >= 4 is 22.3 Å². The second-order valence-electron chi connectivity index (χ2n) is 6.60. The van der Waals surface area contributed by atoms with Gasteiger partial charge in [-0.3, -0.25) is 13.8 Å². The lowest BCUT2D eigenvalue weighted by atomic mass is 10.1. The van der Waals surface area contributed by atoms with Gasteiger partial charge in [0.15, 0.2) is 6.19 Å². The summed E-state index contributed by atoms with van der Waals surface area (Å²) >= 11 is 0. The number of fused-ring (bicyclic) bond motifs is 1. The van der Waals surface area contributed by atoms with Gasteiger partial charge in [0.2, 0.25) is 0 Å². The molecule has 1 atom stereocenters. The van der Waals surface area contributed by atoms with Crippen LogP contribution in [0.2, 0.25) is 0 Å². The quantitative estimate of drug-likeness (QED) is 0.684. The lowest BCUT2D eigenvalue weighted by Gasteiger charge is -2.50. The lowest BCUT2D eigenvalue weighted by molar-refractivity contribution is 0.123. The van der Waals surface area contributed by atoms with E-state index < -0.39 is 11.0 Å². The maximum absolute atomic E-state index is 10.7. The fourth-order valence-corrected chi connectivity index (χ4v) is 5.30. The molecule has 0 saturated carbocycles. The van der Waals surface area contributed by atoms with E-state index in [0.717, 1.165) is 36.4 Å². The first kappa shape index (κ1) is 16.8. The number of morpholine rings is 1. The number of hydrogen-bond acceptors (Lipinski definition) is 8. The van der Waals surface area contributed by atoms with E-state index >= 15 is 0 Å². The van der Waals surface area contributed by atoms with Crippen molar-refractivity contribution in [2.45, 2.75) is 19.0 Å². The van der Waals surface area contributed by atoms with E-state index in [-0.39, 0.29) is 6.04 Å². The van der Waals surface area contributed by atoms with Gasteiger partial charge in [0.05, 0.1) is 30.6 Å². The van der Waals surface area contributed by atoms with Gasteiger partial charge < -0.3 is 14.5 Å². The molecule has 2 saturated heterocycles. The van der Waals surface area contributed by atoms with Crippen LogP contribution in [0.1, 0.15) is 12.0 Å². The van der Waals surface area contributed by atoms with Crippen LogP contribution in [0.25, 0.3) is 0 Å². The number of anilines is 2. The Hall–Kier alpha value is -1.70. The predicted molar refractivity (Wildman–Crippen MR) is 97.1 cm³/mol. The largest absolute Gasteiger partial charge is 0.378 e. The van der Waals surface area contributed by atoms with Gasteiger partial charge in [-0.1, -0.05) is 23.1 Å². The minimum Gasteiger partial charge on any atom is -0.378 e. The van der Waals surface area contributed by atoms with Crippen LogP contribution in [-0.4, -0.2) is 63.7 Å². The average molecular weight is 365 g/mol. The molecule has 3 heterocycles. The normalized spacial score (nSPS) is 27.3. The molecule has 0 amide bonds. The van der Waals surface area contributed by atoms with Crippen molar-refractivity contribution in [3.05, 3.63) is 23.8 Å². The fraction of sp³-hybridized carbons (Fsp3) is 0.562. The summed E-state index contributed by atoms with van der Waals surface area (Å²) in [6.07, 6.45) is 2.90. The first-order valence-electron chi connectivity index (χ1n) is 8.50. The first-order chi connectivity index (χ1) is 12.1. The smallest absolute Gasteiger partial charge is 0.179 e. The monoisotopic (exact) mass is 365 g/mol. The predicted octanol–water partition coefficient (Wildman–Crippen LogP) is 1.89. The van der Waals surface area contributed by atoms with E-state index in [1.165, 1.54) is 0 Å². The number of likely N-dealkylation sites (tertiary alicyclic amines) is 1. The van der Waals surface area contributed by atoms with E-state index in [9.17, 15) is 9.11 Å². The second-order valence-corrected chi connectivity index (χ2v) is 8.31. The summed E-state index contributed by atoms with van der Waals surface area (Å²) in [4.78, 5) is 3.88. The Balaban J connectivity index is 1.61. The molecule has 0 radical (unpaired) electrons. The highest BCUT2D eigenvalue weighted by atomic mass is 32.3. The number of hydrogen-bond donors (Lipinski definition) is 3. The van der Waals surface area contributed by atoms with E-state index in [1.807, 2.05) is 18.2 Å². The highest BCUT2D eigenvalue weighted by Gasteiger charge is 2.39. The standard InChI is InChI=1S/C16H23N5O3S/c17-12-19-5-4-14(11-19)21-10-13-2-1-3-15(16(13)18-25(21,22)23)20-6-8-24-9-7-20/h1-3,14,18,22-23H,4-11H2/t14-/m1/s1. The molecule has 0 spiro atoms. The number of ether oxygens (including phenoxy) is 1. The van der Waals surface area contributed by atoms with Gasteiger partial charge >= 0.3 is 0 Å². The van der Waals surface area contributed by atoms with Crippen molar-refractivity contribution in [3.8, 4) is 6.19 Å². The molecule has 1 aromatic carbocycles. The molecule has 9 heteroatoms. The fourth-order valence-electron chi connectivity index (χ4n) is 3.76. The Labute approximate surface area is 149 Å². The van der Waals surface area contributed by atoms with E-state index in [1.54, 1.807) is 9.21 Å². The molecule has 0 aromatic heterocycles. The van der Waals surface area contributed by atoms with Crippen LogP contribution in [0.15, 0.2) is 18.2 Å². The molecule has 0 aliphatic carbocycles. The molecule has 2 fully saturated rings. The Morgan fingerprint density at radius 2 is 2.04 bits per heavy atom. The van der Waals surface area contributed by atoms with Gasteiger partial charge in [0.25, 0.3) is 0 Å². The number of benzene rings is 1. The molecule has 0 bridgehead atoms. The zero-order valence-electron chi connectivity index (χ0n) is 14.0. The van der Waals surface area contributed by atoms with E-state index in [4.69, 9.17) is 10.00 Å². The van der Waals surface area contributed by atoms with Gasteiger partial charge in [-0.25, -0.2) is 0 Å². The summed E-state index contributed by atoms with van der Waals surface area (Å²) in [5.41, 5.74) is 2.84. The minimum atomic E-state index is -3.12. The van der Waals surface area contributed by atoms with Crippen LogP contribution in [0.3, 0.4) is 0 Å². The SMILES string of the molecule is N#CN1CC[C@@H](N2Cc3cccc(N4CCOCC4)c3NS2(O)O)C1. The molecule has 3 N–H and O–H groups in total. The number of para-hydroxylation sites is 1. The molecule has 4 rings (SSSR count). The second kappa shape index (κ2) is 6.55. The summed E-state index contributed by atoms with van der Waals surface area (Å²) in [7, 11) is -3.12. The average Bonchev–Trinajstić information content (AvgIpc) is 3.09. The van der Waals surface area contributed by atoms with E-state index in [2.05, 4.69) is 15.8 Å². The van der Waals surface area contributed by atoms with E-state index in [0.29, 0.717) is 32.8 Å². The molecular weight excluding hydrogens is 342 g/mol. The van der Waals surface area contributed by atoms with Crippen LogP contribution in [0.5, 0.6) is 0 Å². The molecule has 0 unspecified atom stereocenters. The third kappa shape index (κ3) is 3.12. The van der Waals surface area contributed by atoms with Crippen LogP contribution >= 0.6 is 11.0 Å². The van der Waals surface area contributed by atoms with Crippen LogP contribution in [0, 0.1) is 11.5 Å². The summed E-state index contributed by atoms with van der Waals surface area (Å²) in [6, 6.07) is 5.99. The number of nitriles is 1. The van der Waals surface area contributed by atoms with Crippen molar-refractivity contribution in [1.82, 2.24) is 9.21 Å². The van der Waals surface area contributed by atoms with Gasteiger partial charge in [-0.2, -0.15) is 9.57 Å². The van der Waals surface area contributed by atoms with Crippen LogP contribution in [0.4, 0.5) is 11.4 Å². The maximum Gasteiger partial charge on any atom is 0.179 e. The summed E-state index contributed by atoms with van der Waals surface area (Å²) in [5, 5.41) is 9.06. The topological polar surface area (TPSA) is 95.2 Å². The Kier molecular flexibility index (Phi) is 4.39. The van der Waals surface area contributed by atoms with Gasteiger partial charge in [-0.15, -0.1) is 0 Å². The number of nitrogens with zero attached hydrogens (tertiary/aromatic N) is 4. The zero-order chi connectivity index (χ0) is 17.4.